The lowest BCUT2D eigenvalue weighted by molar-refractivity contribution is 0.142. The first-order valence-electron chi connectivity index (χ1n) is 10.2. The molecule has 9 nitrogen and oxygen atoms in total. The van der Waals surface area contributed by atoms with Gasteiger partial charge in [-0.3, -0.25) is 4.79 Å². The minimum Gasteiger partial charge on any atom is -0.504 e. The molecule has 1 aromatic carbocycles. The van der Waals surface area contributed by atoms with Gasteiger partial charge in [0.1, 0.15) is 5.75 Å². The maximum absolute atomic E-state index is 12.4. The Hall–Kier alpha value is -3.46. The van der Waals surface area contributed by atoms with E-state index in [0.29, 0.717) is 22.6 Å². The van der Waals surface area contributed by atoms with Gasteiger partial charge in [0.2, 0.25) is 5.75 Å². The van der Waals surface area contributed by atoms with Crippen LogP contribution in [-0.4, -0.2) is 38.1 Å². The summed E-state index contributed by atoms with van der Waals surface area (Å²) in [6, 6.07) is 5.95. The predicted molar refractivity (Wildman–Crippen MR) is 113 cm³/mol. The third kappa shape index (κ3) is 3.31. The molecular formula is C22H23N3O6. The van der Waals surface area contributed by atoms with Crippen LogP contribution >= 0.6 is 0 Å². The topological polar surface area (TPSA) is 126 Å². The number of pyridine rings is 1. The summed E-state index contributed by atoms with van der Waals surface area (Å²) in [5, 5.41) is 24.0. The van der Waals surface area contributed by atoms with Crippen LogP contribution in [0.15, 0.2) is 23.0 Å². The number of ether oxygens (including phenoxy) is 2. The lowest BCUT2D eigenvalue weighted by atomic mass is 10.0. The fraction of sp³-hybridized carbons (Fsp3) is 0.364. The monoisotopic (exact) mass is 425 g/mol. The van der Waals surface area contributed by atoms with Crippen molar-refractivity contribution in [2.45, 2.75) is 38.3 Å². The molecule has 0 radical (unpaired) electrons. The third-order valence-corrected chi connectivity index (χ3v) is 6.26. The summed E-state index contributed by atoms with van der Waals surface area (Å²) < 4.78 is 12.5. The highest BCUT2D eigenvalue weighted by Crippen LogP contribution is 2.42. The highest BCUT2D eigenvalue weighted by Gasteiger charge is 2.36. The average molecular weight is 425 g/mol. The fourth-order valence-corrected chi connectivity index (χ4v) is 4.10. The standard InChI is InChI=1S/C22H23N3O6/c1-22(4-5-22)23-10-12-7-11-8-14-16(9-15(11)25(12)2)30-6-3-13-17(14)24-20(27)19(18(13)26)31-21(28)29/h7-9,23H,3-6,10H2,1-2H3,(H,28,29)(H2,24,26,27). The highest BCUT2D eigenvalue weighted by atomic mass is 16.7. The first-order valence-corrected chi connectivity index (χ1v) is 10.2. The van der Waals surface area contributed by atoms with Gasteiger partial charge in [-0.15, -0.1) is 0 Å². The number of nitrogens with one attached hydrogen (secondary N) is 2. The number of carbonyl (C=O) groups is 1. The first kappa shape index (κ1) is 19.5. The number of hydrogen-bond acceptors (Lipinski definition) is 6. The second kappa shape index (κ2) is 6.78. The van der Waals surface area contributed by atoms with Gasteiger partial charge in [-0.1, -0.05) is 0 Å². The molecule has 0 spiro atoms. The number of benzene rings is 1. The van der Waals surface area contributed by atoms with Crippen molar-refractivity contribution in [3.05, 3.63) is 39.8 Å². The number of rotatable bonds is 4. The molecule has 1 saturated carbocycles. The van der Waals surface area contributed by atoms with Crippen LogP contribution < -0.4 is 20.3 Å². The predicted octanol–water partition coefficient (Wildman–Crippen LogP) is 2.87. The Balaban J connectivity index is 1.62. The van der Waals surface area contributed by atoms with Gasteiger partial charge < -0.3 is 34.6 Å². The first-order chi connectivity index (χ1) is 14.8. The maximum Gasteiger partial charge on any atom is 0.511 e. The van der Waals surface area contributed by atoms with Crippen molar-refractivity contribution in [2.24, 2.45) is 7.05 Å². The summed E-state index contributed by atoms with van der Waals surface area (Å²) in [7, 11) is 2.01. The van der Waals surface area contributed by atoms with Crippen molar-refractivity contribution in [2.75, 3.05) is 6.61 Å². The van der Waals surface area contributed by atoms with Gasteiger partial charge in [-0.05, 0) is 31.9 Å². The number of nitrogens with zero attached hydrogens (tertiary/aromatic N) is 1. The zero-order chi connectivity index (χ0) is 21.9. The minimum absolute atomic E-state index is 0.225. The fourth-order valence-electron chi connectivity index (χ4n) is 4.10. The van der Waals surface area contributed by atoms with Crippen LogP contribution in [0.2, 0.25) is 0 Å². The van der Waals surface area contributed by atoms with Gasteiger partial charge >= 0.3 is 6.16 Å². The molecule has 2 aromatic heterocycles. The lowest BCUT2D eigenvalue weighted by Crippen LogP contribution is -2.27. The van der Waals surface area contributed by atoms with Crippen LogP contribution in [-0.2, 0) is 20.0 Å². The third-order valence-electron chi connectivity index (χ3n) is 6.26. The van der Waals surface area contributed by atoms with Crippen LogP contribution in [0.5, 0.6) is 17.2 Å². The number of aromatic hydroxyl groups is 1. The van der Waals surface area contributed by atoms with Crippen molar-refractivity contribution in [3.63, 3.8) is 0 Å². The Bertz CT molecular complexity index is 1280. The maximum atomic E-state index is 12.4. The molecule has 0 bridgehead atoms. The van der Waals surface area contributed by atoms with E-state index >= 15 is 0 Å². The number of hydrogen-bond donors (Lipinski definition) is 4. The largest absolute Gasteiger partial charge is 0.511 e. The molecule has 162 valence electrons. The molecule has 1 fully saturated rings. The lowest BCUT2D eigenvalue weighted by Gasteiger charge is -2.13. The molecule has 31 heavy (non-hydrogen) atoms. The number of aromatic amines is 1. The van der Waals surface area contributed by atoms with Crippen LogP contribution in [0.3, 0.4) is 0 Å². The van der Waals surface area contributed by atoms with Crippen molar-refractivity contribution in [1.82, 2.24) is 14.9 Å². The Labute approximate surface area is 177 Å². The summed E-state index contributed by atoms with van der Waals surface area (Å²) >= 11 is 0. The molecule has 3 aromatic rings. The Morgan fingerprint density at radius 3 is 2.84 bits per heavy atom. The van der Waals surface area contributed by atoms with E-state index in [-0.39, 0.29) is 18.6 Å². The molecule has 3 heterocycles. The van der Waals surface area contributed by atoms with Gasteiger partial charge in [0.05, 0.1) is 17.8 Å². The molecule has 9 heteroatoms. The molecule has 4 N–H and O–H groups in total. The van der Waals surface area contributed by atoms with E-state index in [2.05, 4.69) is 32.6 Å². The summed E-state index contributed by atoms with van der Waals surface area (Å²) in [6.07, 6.45) is 0.978. The number of H-pyrrole nitrogens is 1. The molecule has 0 unspecified atom stereocenters. The van der Waals surface area contributed by atoms with E-state index in [9.17, 15) is 14.7 Å². The van der Waals surface area contributed by atoms with E-state index in [1.54, 1.807) is 0 Å². The van der Waals surface area contributed by atoms with Gasteiger partial charge in [0.25, 0.3) is 5.56 Å². The van der Waals surface area contributed by atoms with E-state index in [4.69, 9.17) is 9.84 Å². The van der Waals surface area contributed by atoms with Crippen LogP contribution in [0.4, 0.5) is 4.79 Å². The van der Waals surface area contributed by atoms with Crippen LogP contribution in [0, 0.1) is 0 Å². The van der Waals surface area contributed by atoms with Crippen LogP contribution in [0.1, 0.15) is 31.0 Å². The van der Waals surface area contributed by atoms with Crippen molar-refractivity contribution >= 4 is 17.1 Å². The highest BCUT2D eigenvalue weighted by molar-refractivity contribution is 5.90. The quantitative estimate of drug-likeness (QED) is 0.474. The molecule has 2 aliphatic rings. The zero-order valence-corrected chi connectivity index (χ0v) is 17.2. The van der Waals surface area contributed by atoms with Gasteiger partial charge in [0.15, 0.2) is 5.75 Å². The number of carboxylic acid groups (broad SMARTS) is 1. The number of aryl methyl sites for hydroxylation is 1. The molecule has 1 aliphatic heterocycles. The van der Waals surface area contributed by atoms with Crippen molar-refractivity contribution in [3.8, 4) is 28.5 Å². The molecule has 0 saturated heterocycles. The van der Waals surface area contributed by atoms with E-state index < -0.39 is 23.2 Å². The van der Waals surface area contributed by atoms with E-state index in [0.717, 1.165) is 23.1 Å². The Morgan fingerprint density at radius 2 is 2.13 bits per heavy atom. The number of fused-ring (bicyclic) bond motifs is 4. The summed E-state index contributed by atoms with van der Waals surface area (Å²) in [5.41, 5.74) is 2.96. The van der Waals surface area contributed by atoms with Crippen molar-refractivity contribution < 1.29 is 24.5 Å². The Morgan fingerprint density at radius 1 is 1.35 bits per heavy atom. The second-order valence-electron chi connectivity index (χ2n) is 8.47. The average Bonchev–Trinajstić information content (AvgIpc) is 3.42. The van der Waals surface area contributed by atoms with E-state index in [1.165, 1.54) is 12.8 Å². The second-order valence-corrected chi connectivity index (χ2v) is 8.47. The summed E-state index contributed by atoms with van der Waals surface area (Å²) in [6.45, 7) is 3.22. The molecule has 0 amide bonds. The number of aromatic nitrogens is 2. The summed E-state index contributed by atoms with van der Waals surface area (Å²) in [4.78, 5) is 26.0. The van der Waals surface area contributed by atoms with Crippen LogP contribution in [0.25, 0.3) is 22.2 Å². The Kier molecular flexibility index (Phi) is 4.26. The molecule has 0 atom stereocenters. The molecule has 1 aliphatic carbocycles. The normalized spacial score (nSPS) is 16.2. The molecular weight excluding hydrogens is 402 g/mol. The van der Waals surface area contributed by atoms with E-state index in [1.807, 2.05) is 19.2 Å². The molecule has 5 rings (SSSR count). The SMILES string of the molecule is Cn1c(CNC2(C)CC2)cc2cc3c(cc21)OCCc1c-3[nH]c(=O)c(OC(=O)O)c1O. The van der Waals surface area contributed by atoms with Gasteiger partial charge in [-0.2, -0.15) is 0 Å². The van der Waals surface area contributed by atoms with Gasteiger partial charge in [0, 0.05) is 53.8 Å². The van der Waals surface area contributed by atoms with Gasteiger partial charge in [-0.25, -0.2) is 4.79 Å². The zero-order valence-electron chi connectivity index (χ0n) is 17.2. The summed E-state index contributed by atoms with van der Waals surface area (Å²) in [5.74, 6) is -0.520. The smallest absolute Gasteiger partial charge is 0.504 e. The minimum atomic E-state index is -1.67. The van der Waals surface area contributed by atoms with Crippen molar-refractivity contribution in [1.29, 1.82) is 0 Å².